The molecule has 94 valence electrons. The first-order valence-electron chi connectivity index (χ1n) is 5.13. The van der Waals surface area contributed by atoms with Gasteiger partial charge in [-0.25, -0.2) is 5.84 Å². The minimum atomic E-state index is -0.387. The van der Waals surface area contributed by atoms with Gasteiger partial charge < -0.3 is 15.4 Å². The normalized spacial score (nSPS) is 13.1. The minimum absolute atomic E-state index is 0.125. The molecular weight excluding hydrogens is 210 g/mol. The molecule has 0 aliphatic carbocycles. The van der Waals surface area contributed by atoms with Crippen LogP contribution in [0.2, 0.25) is 0 Å². The van der Waals surface area contributed by atoms with Gasteiger partial charge in [0.25, 0.3) is 0 Å². The van der Waals surface area contributed by atoms with E-state index in [0.717, 1.165) is 6.42 Å². The summed E-state index contributed by atoms with van der Waals surface area (Å²) in [6, 6.07) is -0.387. The van der Waals surface area contributed by atoms with Gasteiger partial charge in [-0.15, -0.1) is 0 Å². The first-order chi connectivity index (χ1) is 7.65. The third-order valence-corrected chi connectivity index (χ3v) is 1.91. The molecule has 0 bridgehead atoms. The summed E-state index contributed by atoms with van der Waals surface area (Å²) in [4.78, 5) is 15.4. The number of nitrogens with two attached hydrogens (primary N) is 1. The Morgan fingerprint density at radius 1 is 1.56 bits per heavy atom. The third kappa shape index (κ3) is 6.20. The van der Waals surface area contributed by atoms with Crippen LogP contribution < -0.4 is 21.9 Å². The second kappa shape index (κ2) is 8.93. The molecule has 7 nitrogen and oxygen atoms in total. The number of hydrazine groups is 1. The molecule has 1 atom stereocenters. The first-order valence-corrected chi connectivity index (χ1v) is 5.13. The van der Waals surface area contributed by atoms with Gasteiger partial charge in [-0.3, -0.25) is 15.2 Å². The van der Waals surface area contributed by atoms with Crippen molar-refractivity contribution in [1.29, 1.82) is 0 Å². The molecule has 0 aromatic heterocycles. The van der Waals surface area contributed by atoms with E-state index in [1.807, 2.05) is 0 Å². The number of amides is 1. The molecule has 0 spiro atoms. The summed E-state index contributed by atoms with van der Waals surface area (Å²) in [5.74, 6) is 5.54. The van der Waals surface area contributed by atoms with Crippen LogP contribution in [0.25, 0.3) is 0 Å². The smallest absolute Gasteiger partial charge is 0.242 e. The van der Waals surface area contributed by atoms with Gasteiger partial charge in [-0.2, -0.15) is 0 Å². The lowest BCUT2D eigenvalue weighted by atomic mass is 10.3. The summed E-state index contributed by atoms with van der Waals surface area (Å²) in [6.07, 6.45) is 0.803. The van der Waals surface area contributed by atoms with Crippen molar-refractivity contribution in [2.24, 2.45) is 10.8 Å². The van der Waals surface area contributed by atoms with Gasteiger partial charge in [0, 0.05) is 27.3 Å². The highest BCUT2D eigenvalue weighted by Crippen LogP contribution is 1.85. The number of likely N-dealkylation sites (N-methyl/N-ethyl adjacent to an activating group) is 1. The Morgan fingerprint density at radius 2 is 2.25 bits per heavy atom. The van der Waals surface area contributed by atoms with Crippen LogP contribution in [0, 0.1) is 0 Å². The van der Waals surface area contributed by atoms with Crippen LogP contribution in [0.4, 0.5) is 0 Å². The highest BCUT2D eigenvalue weighted by molar-refractivity contribution is 5.88. The topological polar surface area (TPSA) is 101 Å². The molecule has 0 aliphatic rings. The summed E-state index contributed by atoms with van der Waals surface area (Å²) in [5, 5.41) is 5.38. The second-order valence-corrected chi connectivity index (χ2v) is 3.20. The lowest BCUT2D eigenvalue weighted by Crippen LogP contribution is -2.50. The van der Waals surface area contributed by atoms with E-state index >= 15 is 0 Å². The number of carbonyl (C=O) groups is 1. The van der Waals surface area contributed by atoms with Crippen LogP contribution in [0.1, 0.15) is 13.3 Å². The maximum Gasteiger partial charge on any atom is 0.242 e. The van der Waals surface area contributed by atoms with Crippen LogP contribution in [-0.2, 0) is 9.53 Å². The molecular formula is C9H21N5O2. The summed E-state index contributed by atoms with van der Waals surface area (Å²) < 4.78 is 4.89. The minimum Gasteiger partial charge on any atom is -0.385 e. The van der Waals surface area contributed by atoms with E-state index in [1.54, 1.807) is 21.1 Å². The molecule has 0 rings (SSSR count). The maximum absolute atomic E-state index is 11.2. The molecule has 0 aromatic rings. The summed E-state index contributed by atoms with van der Waals surface area (Å²) >= 11 is 0. The van der Waals surface area contributed by atoms with Crippen molar-refractivity contribution in [1.82, 2.24) is 16.1 Å². The Morgan fingerprint density at radius 3 is 2.75 bits per heavy atom. The molecule has 0 heterocycles. The number of nitrogens with zero attached hydrogens (tertiary/aromatic N) is 1. The molecule has 0 saturated heterocycles. The summed E-state index contributed by atoms with van der Waals surface area (Å²) in [7, 11) is 3.21. The lowest BCUT2D eigenvalue weighted by molar-refractivity contribution is -0.121. The Hall–Kier alpha value is -1.34. The zero-order valence-corrected chi connectivity index (χ0v) is 10.0. The van der Waals surface area contributed by atoms with Gasteiger partial charge in [-0.05, 0) is 13.3 Å². The standard InChI is InChI=1S/C9H21N5O2/c1-7(8(15)11-2)13-9(14-10)12-5-4-6-16-3/h7H,4-6,10H2,1-3H3,(H,11,15)(H2,12,13,14). The first kappa shape index (κ1) is 14.7. The van der Waals surface area contributed by atoms with Crippen molar-refractivity contribution in [3.63, 3.8) is 0 Å². The van der Waals surface area contributed by atoms with Crippen LogP contribution in [0.5, 0.6) is 0 Å². The van der Waals surface area contributed by atoms with E-state index in [-0.39, 0.29) is 11.9 Å². The number of nitrogens with one attached hydrogen (secondary N) is 3. The van der Waals surface area contributed by atoms with Crippen LogP contribution >= 0.6 is 0 Å². The number of aliphatic imine (C=N–C) groups is 1. The molecule has 0 aliphatic heterocycles. The highest BCUT2D eigenvalue weighted by atomic mass is 16.5. The van der Waals surface area contributed by atoms with Gasteiger partial charge in [0.2, 0.25) is 11.9 Å². The van der Waals surface area contributed by atoms with E-state index in [1.165, 1.54) is 0 Å². The number of hydrogen-bond donors (Lipinski definition) is 4. The van der Waals surface area contributed by atoms with E-state index in [0.29, 0.717) is 19.1 Å². The Labute approximate surface area is 95.8 Å². The predicted molar refractivity (Wildman–Crippen MR) is 62.8 cm³/mol. The molecule has 0 fully saturated rings. The van der Waals surface area contributed by atoms with Gasteiger partial charge in [0.15, 0.2) is 0 Å². The Bertz CT molecular complexity index is 232. The predicted octanol–water partition coefficient (Wildman–Crippen LogP) is -1.43. The average Bonchev–Trinajstić information content (AvgIpc) is 2.31. The van der Waals surface area contributed by atoms with E-state index < -0.39 is 0 Å². The lowest BCUT2D eigenvalue weighted by Gasteiger charge is -2.14. The van der Waals surface area contributed by atoms with Gasteiger partial charge in [-0.1, -0.05) is 0 Å². The molecule has 5 N–H and O–H groups in total. The summed E-state index contributed by atoms with van der Waals surface area (Å²) in [5.41, 5.74) is 2.41. The fraction of sp³-hybridized carbons (Fsp3) is 0.778. The van der Waals surface area contributed by atoms with Crippen molar-refractivity contribution in [3.8, 4) is 0 Å². The Balaban J connectivity index is 4.02. The number of guanidine groups is 1. The van der Waals surface area contributed by atoms with E-state index in [2.05, 4.69) is 21.1 Å². The molecule has 0 saturated carbocycles. The fourth-order valence-electron chi connectivity index (χ4n) is 1.02. The Kier molecular flexibility index (Phi) is 8.18. The highest BCUT2D eigenvalue weighted by Gasteiger charge is 2.11. The maximum atomic E-state index is 11.2. The third-order valence-electron chi connectivity index (χ3n) is 1.91. The van der Waals surface area contributed by atoms with Crippen LogP contribution in [-0.4, -0.2) is 45.2 Å². The monoisotopic (exact) mass is 231 g/mol. The number of rotatable bonds is 6. The van der Waals surface area contributed by atoms with Gasteiger partial charge in [0.05, 0.1) is 0 Å². The van der Waals surface area contributed by atoms with Crippen molar-refractivity contribution in [2.75, 3.05) is 27.3 Å². The van der Waals surface area contributed by atoms with Crippen molar-refractivity contribution < 1.29 is 9.53 Å². The average molecular weight is 231 g/mol. The molecule has 1 unspecified atom stereocenters. The SMILES string of the molecule is CNC(=O)C(C)NC(=NCCCOC)NN. The second-order valence-electron chi connectivity index (χ2n) is 3.20. The number of carbonyl (C=O) groups excluding carboxylic acids is 1. The van der Waals surface area contributed by atoms with Crippen LogP contribution in [0.15, 0.2) is 4.99 Å². The van der Waals surface area contributed by atoms with Crippen molar-refractivity contribution in [2.45, 2.75) is 19.4 Å². The molecule has 16 heavy (non-hydrogen) atoms. The van der Waals surface area contributed by atoms with Gasteiger partial charge in [0.1, 0.15) is 6.04 Å². The number of hydrogen-bond acceptors (Lipinski definition) is 4. The van der Waals surface area contributed by atoms with E-state index in [4.69, 9.17) is 10.6 Å². The van der Waals surface area contributed by atoms with Crippen LogP contribution in [0.3, 0.4) is 0 Å². The zero-order chi connectivity index (χ0) is 12.4. The van der Waals surface area contributed by atoms with Crippen molar-refractivity contribution >= 4 is 11.9 Å². The van der Waals surface area contributed by atoms with Crippen molar-refractivity contribution in [3.05, 3.63) is 0 Å². The molecule has 0 aromatic carbocycles. The molecule has 0 radical (unpaired) electrons. The number of methoxy groups -OCH3 is 1. The number of ether oxygens (including phenoxy) is 1. The zero-order valence-electron chi connectivity index (χ0n) is 10.0. The largest absolute Gasteiger partial charge is 0.385 e. The molecule has 1 amide bonds. The van der Waals surface area contributed by atoms with E-state index in [9.17, 15) is 4.79 Å². The van der Waals surface area contributed by atoms with Gasteiger partial charge >= 0.3 is 0 Å². The molecule has 7 heteroatoms. The fourth-order valence-corrected chi connectivity index (χ4v) is 1.02. The summed E-state index contributed by atoms with van der Waals surface area (Å²) in [6.45, 7) is 2.95. The quantitative estimate of drug-likeness (QED) is 0.148.